The Hall–Kier alpha value is -3.47. The van der Waals surface area contributed by atoms with Crippen molar-refractivity contribution in [2.75, 3.05) is 57.5 Å². The third-order valence-electron chi connectivity index (χ3n) is 6.11. The third kappa shape index (κ3) is 5.84. The molecule has 1 amide bonds. The van der Waals surface area contributed by atoms with Gasteiger partial charge in [0, 0.05) is 42.9 Å². The van der Waals surface area contributed by atoms with Gasteiger partial charge in [0.25, 0.3) is 0 Å². The fourth-order valence-electron chi connectivity index (χ4n) is 4.35. The highest BCUT2D eigenvalue weighted by Crippen LogP contribution is 2.22. The maximum absolute atomic E-state index is 12.4. The molecule has 2 N–H and O–H groups in total. The molecule has 0 aromatic carbocycles. The first-order valence-electron chi connectivity index (χ1n) is 13.8. The Morgan fingerprint density at radius 2 is 2.03 bits per heavy atom. The minimum absolute atomic E-state index is 0.0957. The standard InChI is InChI=1S/C25H37N9O2/c1-6-7-18(3)36-25-29-22(26)24-28-15-20(34(24)30-25)13-19-12-17(2)23(27-14-19)33-10-8-32(9-11-33)21(35)16-31(4)5/h12,14-15,18H,6-11,13,16H2,1-5H3,(H2,26,29,30)/t18-/m0/s1/i3D3. The van der Waals surface area contributed by atoms with Crippen LogP contribution in [0.4, 0.5) is 11.6 Å². The molecule has 0 radical (unpaired) electrons. The number of imidazole rings is 1. The molecule has 1 atom stereocenters. The van der Waals surface area contributed by atoms with Crippen LogP contribution in [0.5, 0.6) is 6.01 Å². The number of nitrogens with zero attached hydrogens (tertiary/aromatic N) is 8. The predicted octanol–water partition coefficient (Wildman–Crippen LogP) is 1.78. The molecule has 4 rings (SSSR count). The van der Waals surface area contributed by atoms with Crippen LogP contribution < -0.4 is 15.4 Å². The van der Waals surface area contributed by atoms with Gasteiger partial charge in [-0.2, -0.15) is 4.98 Å². The summed E-state index contributed by atoms with van der Waals surface area (Å²) < 4.78 is 30.5. The second-order valence-corrected chi connectivity index (χ2v) is 9.43. The van der Waals surface area contributed by atoms with Gasteiger partial charge in [0.2, 0.25) is 5.91 Å². The number of nitrogen functional groups attached to an aromatic ring is 1. The number of likely N-dealkylation sites (N-methyl/N-ethyl adjacent to an activating group) is 1. The lowest BCUT2D eigenvalue weighted by molar-refractivity contribution is -0.132. The number of carbonyl (C=O) groups excluding carboxylic acids is 1. The largest absolute Gasteiger partial charge is 0.459 e. The highest BCUT2D eigenvalue weighted by Gasteiger charge is 2.23. The minimum Gasteiger partial charge on any atom is -0.459 e. The average Bonchev–Trinajstić information content (AvgIpc) is 3.26. The zero-order valence-electron chi connectivity index (χ0n) is 24.4. The summed E-state index contributed by atoms with van der Waals surface area (Å²) >= 11 is 0. The molecule has 3 aromatic heterocycles. The molecule has 0 saturated carbocycles. The van der Waals surface area contributed by atoms with Crippen LogP contribution in [0.2, 0.25) is 0 Å². The summed E-state index contributed by atoms with van der Waals surface area (Å²) in [6.45, 7) is 4.83. The van der Waals surface area contributed by atoms with Crippen molar-refractivity contribution in [2.45, 2.75) is 46.1 Å². The van der Waals surface area contributed by atoms with Crippen molar-refractivity contribution in [2.24, 2.45) is 0 Å². The lowest BCUT2D eigenvalue weighted by Gasteiger charge is -2.36. The van der Waals surface area contributed by atoms with E-state index < -0.39 is 13.0 Å². The highest BCUT2D eigenvalue weighted by atomic mass is 16.5. The smallest absolute Gasteiger partial charge is 0.336 e. The molecule has 0 unspecified atom stereocenters. The number of pyridine rings is 1. The monoisotopic (exact) mass is 498 g/mol. The fraction of sp³-hybridized carbons (Fsp3) is 0.560. The molecule has 0 spiro atoms. The summed E-state index contributed by atoms with van der Waals surface area (Å²) in [7, 11) is 3.79. The number of anilines is 2. The summed E-state index contributed by atoms with van der Waals surface area (Å²) in [6.07, 6.45) is 3.94. The van der Waals surface area contributed by atoms with E-state index in [1.807, 2.05) is 43.9 Å². The second-order valence-electron chi connectivity index (χ2n) is 9.43. The Morgan fingerprint density at radius 1 is 1.25 bits per heavy atom. The van der Waals surface area contributed by atoms with Crippen LogP contribution in [-0.4, -0.2) is 93.2 Å². The van der Waals surface area contributed by atoms with Gasteiger partial charge in [0.1, 0.15) is 5.82 Å². The lowest BCUT2D eigenvalue weighted by atomic mass is 10.1. The number of hydrogen-bond acceptors (Lipinski definition) is 9. The minimum atomic E-state index is -2.31. The van der Waals surface area contributed by atoms with Crippen molar-refractivity contribution in [1.29, 1.82) is 0 Å². The SMILES string of the molecule is [2H]C([2H])([2H])[C@@H](CCC)Oc1nc(N)c2ncc(Cc3cnc(N4CCN(C(=O)CN(C)C)CC4)c(C)c3)n2n1. The number of nitrogens with two attached hydrogens (primary N) is 1. The van der Waals surface area contributed by atoms with E-state index in [0.717, 1.165) is 35.7 Å². The lowest BCUT2D eigenvalue weighted by Crippen LogP contribution is -2.51. The Morgan fingerprint density at radius 3 is 2.69 bits per heavy atom. The van der Waals surface area contributed by atoms with E-state index in [-0.39, 0.29) is 17.7 Å². The summed E-state index contributed by atoms with van der Waals surface area (Å²) in [5, 5.41) is 4.41. The van der Waals surface area contributed by atoms with Gasteiger partial charge in [0.15, 0.2) is 11.5 Å². The molecule has 1 saturated heterocycles. The van der Waals surface area contributed by atoms with Gasteiger partial charge in [-0.3, -0.25) is 4.79 Å². The Balaban J connectivity index is 1.48. The second kappa shape index (κ2) is 11.1. The van der Waals surface area contributed by atoms with Crippen LogP contribution in [0.25, 0.3) is 5.65 Å². The van der Waals surface area contributed by atoms with Crippen molar-refractivity contribution in [1.82, 2.24) is 34.4 Å². The van der Waals surface area contributed by atoms with Gasteiger partial charge in [-0.05, 0) is 45.4 Å². The predicted molar refractivity (Wildman–Crippen MR) is 139 cm³/mol. The van der Waals surface area contributed by atoms with Crippen LogP contribution >= 0.6 is 0 Å². The van der Waals surface area contributed by atoms with Gasteiger partial charge in [0.05, 0.1) is 24.5 Å². The molecule has 36 heavy (non-hydrogen) atoms. The highest BCUT2D eigenvalue weighted by molar-refractivity contribution is 5.78. The van der Waals surface area contributed by atoms with Crippen molar-refractivity contribution >= 4 is 23.2 Å². The third-order valence-corrected chi connectivity index (χ3v) is 6.11. The van der Waals surface area contributed by atoms with Gasteiger partial charge < -0.3 is 25.2 Å². The number of aryl methyl sites for hydroxylation is 1. The first-order chi connectivity index (χ1) is 18.5. The van der Waals surface area contributed by atoms with Crippen LogP contribution in [0.15, 0.2) is 18.5 Å². The number of fused-ring (bicyclic) bond motifs is 1. The average molecular weight is 499 g/mol. The Kier molecular flexibility index (Phi) is 6.70. The van der Waals surface area contributed by atoms with Gasteiger partial charge >= 0.3 is 6.01 Å². The van der Waals surface area contributed by atoms with E-state index in [2.05, 4.69) is 26.0 Å². The molecule has 1 fully saturated rings. The van der Waals surface area contributed by atoms with E-state index in [1.165, 1.54) is 0 Å². The summed E-state index contributed by atoms with van der Waals surface area (Å²) in [4.78, 5) is 31.6. The molecule has 1 aliphatic heterocycles. The first-order valence-corrected chi connectivity index (χ1v) is 12.3. The number of carbonyl (C=O) groups is 1. The van der Waals surface area contributed by atoms with E-state index in [9.17, 15) is 4.79 Å². The molecule has 4 heterocycles. The topological polar surface area (TPSA) is 118 Å². The maximum Gasteiger partial charge on any atom is 0.336 e. The fourth-order valence-corrected chi connectivity index (χ4v) is 4.35. The van der Waals surface area contributed by atoms with E-state index >= 15 is 0 Å². The number of ether oxygens (including phenoxy) is 1. The Labute approximate surface area is 216 Å². The molecule has 3 aromatic rings. The van der Waals surface area contributed by atoms with Gasteiger partial charge in [-0.25, -0.2) is 14.5 Å². The molecule has 11 nitrogen and oxygen atoms in total. The molecule has 0 bridgehead atoms. The Bertz CT molecular complexity index is 1300. The zero-order valence-corrected chi connectivity index (χ0v) is 21.4. The van der Waals surface area contributed by atoms with Crippen LogP contribution in [-0.2, 0) is 11.2 Å². The van der Waals surface area contributed by atoms with Crippen LogP contribution in [0.3, 0.4) is 0 Å². The van der Waals surface area contributed by atoms with Crippen LogP contribution in [0, 0.1) is 6.92 Å². The number of rotatable bonds is 9. The summed E-state index contributed by atoms with van der Waals surface area (Å²) in [5.74, 6) is 1.16. The molecule has 0 aliphatic carbocycles. The summed E-state index contributed by atoms with van der Waals surface area (Å²) in [5.41, 5.74) is 9.22. The van der Waals surface area contributed by atoms with E-state index in [0.29, 0.717) is 44.5 Å². The quantitative estimate of drug-likeness (QED) is 0.471. The summed E-state index contributed by atoms with van der Waals surface area (Å²) in [6, 6.07) is 1.99. The van der Waals surface area contributed by atoms with Crippen LogP contribution in [0.1, 0.15) is 47.6 Å². The normalized spacial score (nSPS) is 16.6. The molecular weight excluding hydrogens is 458 g/mol. The van der Waals surface area contributed by atoms with Crippen molar-refractivity contribution in [3.8, 4) is 6.01 Å². The van der Waals surface area contributed by atoms with E-state index in [4.69, 9.17) is 19.6 Å². The number of amides is 1. The molecule has 1 aliphatic rings. The maximum atomic E-state index is 12.4. The van der Waals surface area contributed by atoms with Gasteiger partial charge in [-0.1, -0.05) is 19.4 Å². The first kappa shape index (κ1) is 21.8. The van der Waals surface area contributed by atoms with E-state index in [1.54, 1.807) is 10.7 Å². The van der Waals surface area contributed by atoms with Crippen molar-refractivity contribution in [3.63, 3.8) is 0 Å². The number of hydrogen-bond donors (Lipinski definition) is 1. The molecule has 11 heteroatoms. The number of piperazine rings is 1. The van der Waals surface area contributed by atoms with Gasteiger partial charge in [-0.15, -0.1) is 5.10 Å². The zero-order chi connectivity index (χ0) is 28.3. The molecular formula is C25H37N9O2. The van der Waals surface area contributed by atoms with Crippen molar-refractivity contribution in [3.05, 3.63) is 35.3 Å². The van der Waals surface area contributed by atoms with Crippen molar-refractivity contribution < 1.29 is 13.6 Å². The number of aromatic nitrogens is 5. The molecule has 194 valence electrons.